The normalized spacial score (nSPS) is 30.7. The van der Waals surface area contributed by atoms with E-state index in [2.05, 4.69) is 72.0 Å². The molecule has 2 aliphatic heterocycles. The fourth-order valence-electron chi connectivity index (χ4n) is 4.35. The number of hydrogen-bond donors (Lipinski definition) is 3. The van der Waals surface area contributed by atoms with Gasteiger partial charge in [0.15, 0.2) is 0 Å². The lowest BCUT2D eigenvalue weighted by Gasteiger charge is -2.37. The van der Waals surface area contributed by atoms with Crippen molar-refractivity contribution in [2.24, 2.45) is 18.9 Å². The minimum atomic E-state index is 0.00617. The Labute approximate surface area is 136 Å². The summed E-state index contributed by atoms with van der Waals surface area (Å²) in [6, 6.07) is 11.0. The van der Waals surface area contributed by atoms with Gasteiger partial charge in [0.1, 0.15) is 0 Å². The second-order valence-corrected chi connectivity index (χ2v) is 7.18. The van der Waals surface area contributed by atoms with E-state index in [-0.39, 0.29) is 18.0 Å². The van der Waals surface area contributed by atoms with Crippen LogP contribution in [-0.2, 0) is 11.8 Å². The van der Waals surface area contributed by atoms with E-state index >= 15 is 0 Å². The lowest BCUT2D eigenvalue weighted by molar-refractivity contribution is -0.125. The first kappa shape index (κ1) is 14.7. The summed E-state index contributed by atoms with van der Waals surface area (Å²) in [5.74, 6) is 1.21. The molecule has 122 valence electrons. The minimum Gasteiger partial charge on any atom is -0.347 e. The smallest absolute Gasteiger partial charge is 0.221 e. The molecule has 4 rings (SSSR count). The first-order chi connectivity index (χ1) is 11.1. The van der Waals surface area contributed by atoms with Gasteiger partial charge in [0.25, 0.3) is 0 Å². The van der Waals surface area contributed by atoms with Crippen LogP contribution < -0.4 is 16.2 Å². The van der Waals surface area contributed by atoms with Gasteiger partial charge in [0, 0.05) is 42.6 Å². The van der Waals surface area contributed by atoms with Crippen LogP contribution in [0.1, 0.15) is 31.9 Å². The third-order valence-electron chi connectivity index (χ3n) is 5.48. The Bertz CT molecular complexity index is 751. The Morgan fingerprint density at radius 3 is 2.74 bits per heavy atom. The highest BCUT2D eigenvalue weighted by Gasteiger charge is 2.47. The van der Waals surface area contributed by atoms with E-state index in [1.807, 2.05) is 0 Å². The SMILES string of the molecule is CC(C)C1NNC2NC(=O)CC(c3cc4ccccc4n3C)C21. The van der Waals surface area contributed by atoms with Gasteiger partial charge < -0.3 is 9.88 Å². The van der Waals surface area contributed by atoms with Crippen molar-refractivity contribution in [1.82, 2.24) is 20.7 Å². The lowest BCUT2D eigenvalue weighted by atomic mass is 9.75. The molecule has 0 bridgehead atoms. The monoisotopic (exact) mass is 312 g/mol. The summed E-state index contributed by atoms with van der Waals surface area (Å²) in [5, 5.41) is 4.34. The molecule has 5 heteroatoms. The van der Waals surface area contributed by atoms with Gasteiger partial charge in [-0.2, -0.15) is 0 Å². The zero-order chi connectivity index (χ0) is 16.1. The zero-order valence-electron chi connectivity index (χ0n) is 13.8. The number of benzene rings is 1. The van der Waals surface area contributed by atoms with Crippen LogP contribution in [0.25, 0.3) is 10.9 Å². The Kier molecular flexibility index (Phi) is 3.43. The van der Waals surface area contributed by atoms with Crippen molar-refractivity contribution in [1.29, 1.82) is 0 Å². The predicted molar refractivity (Wildman–Crippen MR) is 90.6 cm³/mol. The number of rotatable bonds is 2. The van der Waals surface area contributed by atoms with Crippen LogP contribution >= 0.6 is 0 Å². The Balaban J connectivity index is 1.80. The third-order valence-corrected chi connectivity index (χ3v) is 5.48. The molecule has 4 atom stereocenters. The maximum atomic E-state index is 12.2. The molecule has 0 radical (unpaired) electrons. The third kappa shape index (κ3) is 2.26. The summed E-state index contributed by atoms with van der Waals surface area (Å²) in [6.07, 6.45) is 0.560. The van der Waals surface area contributed by atoms with Crippen molar-refractivity contribution in [2.45, 2.75) is 38.4 Å². The molecule has 3 heterocycles. The van der Waals surface area contributed by atoms with Crippen LogP contribution in [0, 0.1) is 11.8 Å². The van der Waals surface area contributed by atoms with Crippen molar-refractivity contribution in [2.75, 3.05) is 0 Å². The second-order valence-electron chi connectivity index (χ2n) is 7.18. The number of carbonyl (C=O) groups excluding carboxylic acids is 1. The zero-order valence-corrected chi connectivity index (χ0v) is 13.8. The summed E-state index contributed by atoms with van der Waals surface area (Å²) in [4.78, 5) is 12.2. The number of para-hydroxylation sites is 1. The van der Waals surface area contributed by atoms with Gasteiger partial charge in [0.05, 0.1) is 6.17 Å². The summed E-state index contributed by atoms with van der Waals surface area (Å²) in [5.41, 5.74) is 9.16. The van der Waals surface area contributed by atoms with E-state index in [0.29, 0.717) is 24.3 Å². The molecule has 0 saturated carbocycles. The molecule has 4 unspecified atom stereocenters. The van der Waals surface area contributed by atoms with Crippen LogP contribution in [0.3, 0.4) is 0 Å². The van der Waals surface area contributed by atoms with Crippen LogP contribution in [0.15, 0.2) is 30.3 Å². The number of amides is 1. The lowest BCUT2D eigenvalue weighted by Crippen LogP contribution is -2.53. The molecule has 1 aromatic heterocycles. The summed E-state index contributed by atoms with van der Waals surface area (Å²) in [6.45, 7) is 4.47. The van der Waals surface area contributed by atoms with Crippen molar-refractivity contribution >= 4 is 16.8 Å². The molecular weight excluding hydrogens is 288 g/mol. The van der Waals surface area contributed by atoms with Crippen molar-refractivity contribution < 1.29 is 4.79 Å². The second kappa shape index (κ2) is 5.35. The average molecular weight is 312 g/mol. The molecule has 2 fully saturated rings. The van der Waals surface area contributed by atoms with Gasteiger partial charge in [-0.3, -0.25) is 10.2 Å². The first-order valence-electron chi connectivity index (χ1n) is 8.41. The number of hydrazine groups is 1. The van der Waals surface area contributed by atoms with Crippen LogP contribution in [0.2, 0.25) is 0 Å². The van der Waals surface area contributed by atoms with E-state index in [4.69, 9.17) is 0 Å². The van der Waals surface area contributed by atoms with Gasteiger partial charge in [-0.25, -0.2) is 5.43 Å². The van der Waals surface area contributed by atoms with Gasteiger partial charge in [0.2, 0.25) is 5.91 Å². The van der Waals surface area contributed by atoms with Crippen LogP contribution in [0.4, 0.5) is 0 Å². The van der Waals surface area contributed by atoms with Crippen molar-refractivity contribution in [3.8, 4) is 0 Å². The van der Waals surface area contributed by atoms with Gasteiger partial charge in [-0.15, -0.1) is 0 Å². The van der Waals surface area contributed by atoms with E-state index in [1.165, 1.54) is 16.6 Å². The number of aryl methyl sites for hydroxylation is 1. The molecule has 2 saturated heterocycles. The largest absolute Gasteiger partial charge is 0.347 e. The molecule has 2 aromatic rings. The fourth-order valence-corrected chi connectivity index (χ4v) is 4.35. The fraction of sp³-hybridized carbons (Fsp3) is 0.500. The summed E-state index contributed by atoms with van der Waals surface area (Å²) in [7, 11) is 2.11. The molecule has 0 aliphatic carbocycles. The van der Waals surface area contributed by atoms with E-state index in [0.717, 1.165) is 0 Å². The highest BCUT2D eigenvalue weighted by atomic mass is 16.2. The van der Waals surface area contributed by atoms with Gasteiger partial charge in [-0.05, 0) is 23.4 Å². The number of piperidine rings is 1. The molecule has 23 heavy (non-hydrogen) atoms. The van der Waals surface area contributed by atoms with E-state index < -0.39 is 0 Å². The summed E-state index contributed by atoms with van der Waals surface area (Å²) >= 11 is 0. The van der Waals surface area contributed by atoms with Gasteiger partial charge in [-0.1, -0.05) is 32.0 Å². The number of carbonyl (C=O) groups is 1. The molecule has 0 spiro atoms. The number of hydrogen-bond acceptors (Lipinski definition) is 3. The highest BCUT2D eigenvalue weighted by molar-refractivity contribution is 5.83. The molecular formula is C18H24N4O. The van der Waals surface area contributed by atoms with Crippen molar-refractivity contribution in [3.63, 3.8) is 0 Å². The van der Waals surface area contributed by atoms with E-state index in [9.17, 15) is 4.79 Å². The number of nitrogens with one attached hydrogen (secondary N) is 3. The topological polar surface area (TPSA) is 58.1 Å². The molecule has 3 N–H and O–H groups in total. The predicted octanol–water partition coefficient (Wildman–Crippen LogP) is 1.86. The molecule has 2 aliphatic rings. The maximum Gasteiger partial charge on any atom is 0.221 e. The van der Waals surface area contributed by atoms with E-state index in [1.54, 1.807) is 0 Å². The van der Waals surface area contributed by atoms with Crippen LogP contribution in [-0.4, -0.2) is 22.7 Å². The molecule has 5 nitrogen and oxygen atoms in total. The Morgan fingerprint density at radius 1 is 1.22 bits per heavy atom. The number of fused-ring (bicyclic) bond motifs is 2. The van der Waals surface area contributed by atoms with Crippen molar-refractivity contribution in [3.05, 3.63) is 36.0 Å². The number of aromatic nitrogens is 1. The Morgan fingerprint density at radius 2 is 2.00 bits per heavy atom. The molecule has 1 aromatic carbocycles. The quantitative estimate of drug-likeness (QED) is 0.793. The Hall–Kier alpha value is -1.85. The summed E-state index contributed by atoms with van der Waals surface area (Å²) < 4.78 is 2.26. The number of nitrogens with zero attached hydrogens (tertiary/aromatic N) is 1. The minimum absolute atomic E-state index is 0.00617. The standard InChI is InChI=1S/C18H24N4O/c1-10(2)17-16-12(9-15(23)19-18(16)21-20-17)14-8-11-6-4-5-7-13(11)22(14)3/h4-8,10,12,16-18,20-21H,9H2,1-3H3,(H,19,23). The highest BCUT2D eigenvalue weighted by Crippen LogP contribution is 2.40. The van der Waals surface area contributed by atoms with Gasteiger partial charge >= 0.3 is 0 Å². The van der Waals surface area contributed by atoms with Crippen LogP contribution in [0.5, 0.6) is 0 Å². The molecule has 1 amide bonds. The first-order valence-corrected chi connectivity index (χ1v) is 8.41. The average Bonchev–Trinajstić information content (AvgIpc) is 3.08. The maximum absolute atomic E-state index is 12.2.